The van der Waals surface area contributed by atoms with Crippen LogP contribution in [0, 0.1) is 5.41 Å². The van der Waals surface area contributed by atoms with Gasteiger partial charge in [0.15, 0.2) is 5.96 Å². The first kappa shape index (κ1) is 25.3. The maximum Gasteiger partial charge on any atom is 0.339 e. The number of carbonyl (C=O) groups is 2. The van der Waals surface area contributed by atoms with Crippen molar-refractivity contribution in [1.82, 2.24) is 24.8 Å². The largest absolute Gasteiger partial charge is 0.491 e. The van der Waals surface area contributed by atoms with E-state index in [2.05, 4.69) is 20.6 Å². The number of fused-ring (bicyclic) bond motifs is 2. The minimum Gasteiger partial charge on any atom is -0.491 e. The van der Waals surface area contributed by atoms with Crippen molar-refractivity contribution in [3.8, 4) is 5.75 Å². The van der Waals surface area contributed by atoms with Crippen molar-refractivity contribution >= 4 is 45.6 Å². The second kappa shape index (κ2) is 10.5. The number of hydrogen-bond donors (Lipinski definition) is 6. The number of anilines is 1. The third-order valence-corrected chi connectivity index (χ3v) is 6.13. The molecule has 2 aromatic heterocycles. The number of imidazole rings is 2. The molecule has 0 saturated carbocycles. The van der Waals surface area contributed by atoms with Crippen LogP contribution in [0.25, 0.3) is 22.1 Å². The van der Waals surface area contributed by atoms with Gasteiger partial charge in [0.05, 0.1) is 35.0 Å². The highest BCUT2D eigenvalue weighted by atomic mass is 16.5. The molecule has 7 N–H and O–H groups in total. The summed E-state index contributed by atoms with van der Waals surface area (Å²) in [4.78, 5) is 36.7. The number of aromatic carboxylic acids is 1. The SMILES string of the molecule is Cn1c(Cc2nc3cc(NC(=N)N)ccc3[nH]2)nc2ccc(C(=O)NCCOc3ccccc3C(=O)O)cc21. The fourth-order valence-corrected chi connectivity index (χ4v) is 4.26. The molecule has 0 unspecified atom stereocenters. The maximum absolute atomic E-state index is 12.7. The molecule has 0 spiro atoms. The van der Waals surface area contributed by atoms with Crippen LogP contribution in [0.5, 0.6) is 5.75 Å². The van der Waals surface area contributed by atoms with Gasteiger partial charge >= 0.3 is 5.97 Å². The molecule has 5 aromatic rings. The molecule has 0 saturated heterocycles. The molecule has 0 aliphatic rings. The van der Waals surface area contributed by atoms with E-state index in [4.69, 9.17) is 20.9 Å². The number of ether oxygens (including phenoxy) is 1. The zero-order chi connectivity index (χ0) is 27.5. The first-order valence-electron chi connectivity index (χ1n) is 12.1. The summed E-state index contributed by atoms with van der Waals surface area (Å²) in [6.07, 6.45) is 0.450. The molecule has 3 aromatic carbocycles. The third kappa shape index (κ3) is 5.49. The van der Waals surface area contributed by atoms with Gasteiger partial charge in [-0.25, -0.2) is 14.8 Å². The Balaban J connectivity index is 1.25. The fraction of sp³-hybridized carbons (Fsp3) is 0.148. The number of para-hydroxylation sites is 1. The summed E-state index contributed by atoms with van der Waals surface area (Å²) < 4.78 is 7.47. The summed E-state index contributed by atoms with van der Waals surface area (Å²) in [7, 11) is 1.89. The van der Waals surface area contributed by atoms with Crippen LogP contribution in [-0.2, 0) is 13.5 Å². The second-order valence-electron chi connectivity index (χ2n) is 8.83. The number of nitrogens with one attached hydrogen (secondary N) is 4. The van der Waals surface area contributed by atoms with Gasteiger partial charge in [0.25, 0.3) is 5.91 Å². The smallest absolute Gasteiger partial charge is 0.339 e. The topological polar surface area (TPSA) is 184 Å². The summed E-state index contributed by atoms with van der Waals surface area (Å²) in [6, 6.07) is 17.1. The van der Waals surface area contributed by atoms with Crippen molar-refractivity contribution in [3.63, 3.8) is 0 Å². The second-order valence-corrected chi connectivity index (χ2v) is 8.83. The number of carbonyl (C=O) groups excluding carboxylic acids is 1. The Bertz CT molecular complexity index is 1720. The number of benzene rings is 3. The number of aryl methyl sites for hydroxylation is 1. The first-order chi connectivity index (χ1) is 18.8. The minimum atomic E-state index is -1.07. The average Bonchev–Trinajstić information content (AvgIpc) is 3.45. The van der Waals surface area contributed by atoms with Gasteiger partial charge in [-0.2, -0.15) is 0 Å². The molecule has 2 heterocycles. The van der Waals surface area contributed by atoms with Gasteiger partial charge in [-0.05, 0) is 48.5 Å². The summed E-state index contributed by atoms with van der Waals surface area (Å²) in [5.41, 5.74) is 9.77. The first-order valence-corrected chi connectivity index (χ1v) is 12.1. The number of guanidine groups is 1. The number of carboxylic acid groups (broad SMARTS) is 1. The lowest BCUT2D eigenvalue weighted by atomic mass is 10.2. The number of nitrogens with zero attached hydrogens (tertiary/aromatic N) is 3. The van der Waals surface area contributed by atoms with Crippen LogP contribution in [0.3, 0.4) is 0 Å². The van der Waals surface area contributed by atoms with Gasteiger partial charge in [-0.15, -0.1) is 0 Å². The molecular weight excluding hydrogens is 500 g/mol. The highest BCUT2D eigenvalue weighted by molar-refractivity contribution is 5.97. The van der Waals surface area contributed by atoms with Crippen molar-refractivity contribution in [3.05, 3.63) is 83.4 Å². The van der Waals surface area contributed by atoms with Crippen LogP contribution in [0.1, 0.15) is 32.4 Å². The highest BCUT2D eigenvalue weighted by Crippen LogP contribution is 2.22. The van der Waals surface area contributed by atoms with E-state index in [0.717, 1.165) is 33.7 Å². The Morgan fingerprint density at radius 2 is 1.92 bits per heavy atom. The van der Waals surface area contributed by atoms with Crippen molar-refractivity contribution in [2.24, 2.45) is 12.8 Å². The van der Waals surface area contributed by atoms with Crippen LogP contribution >= 0.6 is 0 Å². The molecule has 0 bridgehead atoms. The number of aromatic amines is 1. The fourth-order valence-electron chi connectivity index (χ4n) is 4.26. The standard InChI is InChI=1S/C27H26N8O4/c1-35-21-12-15(25(36)30-10-11-39-22-5-3-2-4-17(22)26(37)38)6-8-19(21)34-24(35)14-23-32-18-9-7-16(31-27(28)29)13-20(18)33-23/h2-9,12-13H,10-11,14H2,1H3,(H,30,36)(H,32,33)(H,37,38)(H4,28,29,31). The number of H-pyrrole nitrogens is 1. The number of amides is 1. The summed E-state index contributed by atoms with van der Waals surface area (Å²) in [5, 5.41) is 22.2. The van der Waals surface area contributed by atoms with Crippen LogP contribution < -0.4 is 21.1 Å². The predicted molar refractivity (Wildman–Crippen MR) is 146 cm³/mol. The lowest BCUT2D eigenvalue weighted by molar-refractivity contribution is 0.0691. The molecule has 12 nitrogen and oxygen atoms in total. The van der Waals surface area contributed by atoms with Gasteiger partial charge in [0.2, 0.25) is 0 Å². The van der Waals surface area contributed by atoms with Gasteiger partial charge in [-0.1, -0.05) is 12.1 Å². The van der Waals surface area contributed by atoms with Gasteiger partial charge in [0.1, 0.15) is 29.6 Å². The van der Waals surface area contributed by atoms with Crippen molar-refractivity contribution in [2.75, 3.05) is 18.5 Å². The van der Waals surface area contributed by atoms with Crippen LogP contribution in [-0.4, -0.2) is 55.6 Å². The normalized spacial score (nSPS) is 11.0. The zero-order valence-electron chi connectivity index (χ0n) is 21.0. The van der Waals surface area contributed by atoms with Crippen molar-refractivity contribution in [1.29, 1.82) is 5.41 Å². The van der Waals surface area contributed by atoms with Crippen molar-refractivity contribution in [2.45, 2.75) is 6.42 Å². The summed E-state index contributed by atoms with van der Waals surface area (Å²) >= 11 is 0. The van der Waals surface area contributed by atoms with E-state index < -0.39 is 5.97 Å². The van der Waals surface area contributed by atoms with Crippen LogP contribution in [0.2, 0.25) is 0 Å². The summed E-state index contributed by atoms with van der Waals surface area (Å²) in [6.45, 7) is 0.328. The Kier molecular flexibility index (Phi) is 6.83. The van der Waals surface area contributed by atoms with E-state index in [9.17, 15) is 14.7 Å². The van der Waals surface area contributed by atoms with E-state index >= 15 is 0 Å². The zero-order valence-corrected chi connectivity index (χ0v) is 21.0. The molecule has 0 radical (unpaired) electrons. The number of rotatable bonds is 9. The third-order valence-electron chi connectivity index (χ3n) is 6.13. The highest BCUT2D eigenvalue weighted by Gasteiger charge is 2.15. The Hall–Kier alpha value is -5.39. The minimum absolute atomic E-state index is 0.0682. The monoisotopic (exact) mass is 526 g/mol. The van der Waals surface area contributed by atoms with E-state index in [-0.39, 0.29) is 36.3 Å². The van der Waals surface area contributed by atoms with E-state index in [1.54, 1.807) is 36.4 Å². The number of nitrogens with two attached hydrogens (primary N) is 1. The lowest BCUT2D eigenvalue weighted by Crippen LogP contribution is -2.28. The van der Waals surface area contributed by atoms with E-state index in [1.807, 2.05) is 29.8 Å². The van der Waals surface area contributed by atoms with E-state index in [1.165, 1.54) is 6.07 Å². The van der Waals surface area contributed by atoms with Gasteiger partial charge in [0, 0.05) is 18.3 Å². The molecule has 39 heavy (non-hydrogen) atoms. The Morgan fingerprint density at radius 3 is 2.72 bits per heavy atom. The van der Waals surface area contributed by atoms with Gasteiger partial charge < -0.3 is 35.8 Å². The molecule has 0 aliphatic heterocycles. The Morgan fingerprint density at radius 1 is 1.10 bits per heavy atom. The van der Waals surface area contributed by atoms with Crippen LogP contribution in [0.4, 0.5) is 5.69 Å². The molecule has 198 valence electrons. The Labute approximate surface area is 222 Å². The molecule has 0 atom stereocenters. The number of hydrogen-bond acceptors (Lipinski definition) is 6. The number of aromatic nitrogens is 4. The van der Waals surface area contributed by atoms with Gasteiger partial charge in [-0.3, -0.25) is 10.2 Å². The predicted octanol–water partition coefficient (Wildman–Crippen LogP) is 2.85. The molecule has 12 heteroatoms. The molecule has 1 amide bonds. The number of carboxylic acids is 1. The molecule has 5 rings (SSSR count). The van der Waals surface area contributed by atoms with E-state index in [0.29, 0.717) is 17.7 Å². The molecule has 0 fully saturated rings. The molecular formula is C27H26N8O4. The lowest BCUT2D eigenvalue weighted by Gasteiger charge is -2.10. The van der Waals surface area contributed by atoms with Crippen molar-refractivity contribution < 1.29 is 19.4 Å². The van der Waals surface area contributed by atoms with Crippen LogP contribution in [0.15, 0.2) is 60.7 Å². The summed E-state index contributed by atoms with van der Waals surface area (Å²) in [5.74, 6) is 0.255. The molecule has 0 aliphatic carbocycles. The average molecular weight is 527 g/mol. The maximum atomic E-state index is 12.7. The quantitative estimate of drug-likeness (QED) is 0.0962.